The molecule has 2 fully saturated rings. The van der Waals surface area contributed by atoms with Gasteiger partial charge in [0.2, 0.25) is 0 Å². The molecule has 26 heavy (non-hydrogen) atoms. The van der Waals surface area contributed by atoms with Crippen LogP contribution in [0.4, 0.5) is 0 Å². The molecule has 140 valence electrons. The van der Waals surface area contributed by atoms with Crippen molar-refractivity contribution < 1.29 is 0 Å². The summed E-state index contributed by atoms with van der Waals surface area (Å²) in [6.45, 7) is 11.6. The van der Waals surface area contributed by atoms with Crippen LogP contribution < -0.4 is 0 Å². The molecule has 2 aliphatic rings. The lowest BCUT2D eigenvalue weighted by molar-refractivity contribution is 0.0135. The zero-order valence-electron chi connectivity index (χ0n) is 16.2. The number of likely N-dealkylation sites (tertiary alicyclic amines) is 2. The van der Waals surface area contributed by atoms with Crippen LogP contribution in [0.5, 0.6) is 0 Å². The summed E-state index contributed by atoms with van der Waals surface area (Å²) >= 11 is 1.77. The summed E-state index contributed by atoms with van der Waals surface area (Å²) in [5, 5.41) is 3.41. The number of rotatable bonds is 4. The normalized spacial score (nSPS) is 24.2. The third kappa shape index (κ3) is 4.03. The fourth-order valence-corrected chi connectivity index (χ4v) is 5.55. The van der Waals surface area contributed by atoms with Crippen LogP contribution in [0.25, 0.3) is 0 Å². The third-order valence-corrected chi connectivity index (χ3v) is 7.23. The maximum absolute atomic E-state index is 4.65. The van der Waals surface area contributed by atoms with Crippen molar-refractivity contribution in [1.29, 1.82) is 0 Å². The van der Waals surface area contributed by atoms with Crippen LogP contribution in [0, 0.1) is 12.3 Å². The van der Waals surface area contributed by atoms with Gasteiger partial charge < -0.3 is 4.90 Å². The summed E-state index contributed by atoms with van der Waals surface area (Å²) in [6.07, 6.45) is 4.02. The number of likely N-dealkylation sites (N-methyl/N-ethyl adjacent to an activating group) is 1. The van der Waals surface area contributed by atoms with Crippen molar-refractivity contribution >= 4 is 11.3 Å². The number of piperidine rings is 2. The zero-order valence-corrected chi connectivity index (χ0v) is 17.0. The molecule has 1 unspecified atom stereocenters. The highest BCUT2D eigenvalue weighted by atomic mass is 32.1. The highest BCUT2D eigenvalue weighted by Crippen LogP contribution is 2.45. The second-order valence-corrected chi connectivity index (χ2v) is 9.34. The number of benzene rings is 1. The standard InChI is InChI=1S/C22H31N3S/c1-3-24-14-20(19-7-5-4-6-8-19)13-22(17-24)9-11-25(12-10-22)15-21-16-26-18(2)23-21/h4-8,16,20H,3,9-15,17H2,1-2H3. The van der Waals surface area contributed by atoms with Crippen molar-refractivity contribution in [2.75, 3.05) is 32.7 Å². The van der Waals surface area contributed by atoms with Gasteiger partial charge in [-0.15, -0.1) is 11.3 Å². The lowest BCUT2D eigenvalue weighted by atomic mass is 9.68. The van der Waals surface area contributed by atoms with Crippen LogP contribution in [0.3, 0.4) is 0 Å². The molecule has 0 bridgehead atoms. The Labute approximate surface area is 162 Å². The fraction of sp³-hybridized carbons (Fsp3) is 0.591. The molecule has 0 amide bonds. The second-order valence-electron chi connectivity index (χ2n) is 8.27. The van der Waals surface area contributed by atoms with Gasteiger partial charge in [0, 0.05) is 25.0 Å². The van der Waals surface area contributed by atoms with E-state index in [1.165, 1.54) is 68.3 Å². The number of hydrogen-bond acceptors (Lipinski definition) is 4. The number of hydrogen-bond donors (Lipinski definition) is 0. The van der Waals surface area contributed by atoms with Gasteiger partial charge >= 0.3 is 0 Å². The van der Waals surface area contributed by atoms with Gasteiger partial charge in [0.15, 0.2) is 0 Å². The van der Waals surface area contributed by atoms with Gasteiger partial charge in [-0.05, 0) is 62.7 Å². The molecule has 0 saturated carbocycles. The smallest absolute Gasteiger partial charge is 0.0897 e. The van der Waals surface area contributed by atoms with Crippen LogP contribution in [0.15, 0.2) is 35.7 Å². The van der Waals surface area contributed by atoms with Crippen LogP contribution in [0.2, 0.25) is 0 Å². The lowest BCUT2D eigenvalue weighted by Gasteiger charge is -2.50. The molecule has 3 nitrogen and oxygen atoms in total. The molecule has 0 radical (unpaired) electrons. The number of aryl methyl sites for hydroxylation is 1. The Morgan fingerprint density at radius 2 is 1.92 bits per heavy atom. The summed E-state index contributed by atoms with van der Waals surface area (Å²) in [4.78, 5) is 9.96. The summed E-state index contributed by atoms with van der Waals surface area (Å²) in [7, 11) is 0. The van der Waals surface area contributed by atoms with E-state index in [1.54, 1.807) is 11.3 Å². The molecule has 1 aromatic heterocycles. The van der Waals surface area contributed by atoms with Gasteiger partial charge in [-0.25, -0.2) is 4.98 Å². The number of aromatic nitrogens is 1. The first-order valence-electron chi connectivity index (χ1n) is 10.1. The van der Waals surface area contributed by atoms with E-state index in [4.69, 9.17) is 0 Å². The minimum atomic E-state index is 0.503. The Morgan fingerprint density at radius 1 is 1.15 bits per heavy atom. The largest absolute Gasteiger partial charge is 0.302 e. The van der Waals surface area contributed by atoms with Crippen molar-refractivity contribution in [3.8, 4) is 0 Å². The predicted octanol–water partition coefficient (Wildman–Crippen LogP) is 4.54. The molecule has 0 aliphatic carbocycles. The van der Waals surface area contributed by atoms with Gasteiger partial charge in [-0.3, -0.25) is 4.90 Å². The van der Waals surface area contributed by atoms with Gasteiger partial charge in [0.05, 0.1) is 10.7 Å². The number of nitrogens with zero attached hydrogens (tertiary/aromatic N) is 3. The van der Waals surface area contributed by atoms with E-state index in [9.17, 15) is 0 Å². The molecule has 1 spiro atoms. The minimum absolute atomic E-state index is 0.503. The van der Waals surface area contributed by atoms with Gasteiger partial charge in [0.25, 0.3) is 0 Å². The van der Waals surface area contributed by atoms with E-state index in [-0.39, 0.29) is 0 Å². The molecule has 1 aromatic carbocycles. The van der Waals surface area contributed by atoms with E-state index in [0.29, 0.717) is 11.3 Å². The van der Waals surface area contributed by atoms with E-state index >= 15 is 0 Å². The van der Waals surface area contributed by atoms with E-state index in [0.717, 1.165) is 6.54 Å². The van der Waals surface area contributed by atoms with Crippen molar-refractivity contribution in [2.45, 2.75) is 45.6 Å². The number of thiazole rings is 1. The fourth-order valence-electron chi connectivity index (χ4n) is 4.95. The Hall–Kier alpha value is -1.23. The molecule has 4 rings (SSSR count). The van der Waals surface area contributed by atoms with Crippen LogP contribution in [-0.4, -0.2) is 47.5 Å². The Morgan fingerprint density at radius 3 is 2.58 bits per heavy atom. The van der Waals surface area contributed by atoms with Gasteiger partial charge in [-0.1, -0.05) is 37.3 Å². The molecule has 2 aromatic rings. The molecular weight excluding hydrogens is 338 g/mol. The lowest BCUT2D eigenvalue weighted by Crippen LogP contribution is -2.51. The SMILES string of the molecule is CCN1CC(c2ccccc2)CC2(CCN(Cc3csc(C)n3)CC2)C1. The highest BCUT2D eigenvalue weighted by Gasteiger charge is 2.41. The van der Waals surface area contributed by atoms with E-state index in [2.05, 4.69) is 64.3 Å². The predicted molar refractivity (Wildman–Crippen MR) is 110 cm³/mol. The quantitative estimate of drug-likeness (QED) is 0.788. The maximum atomic E-state index is 4.65. The van der Waals surface area contributed by atoms with Crippen molar-refractivity contribution in [3.05, 3.63) is 52.0 Å². The first-order valence-corrected chi connectivity index (χ1v) is 10.9. The molecular formula is C22H31N3S. The molecule has 3 heterocycles. The average molecular weight is 370 g/mol. The van der Waals surface area contributed by atoms with Crippen LogP contribution in [0.1, 0.15) is 48.4 Å². The van der Waals surface area contributed by atoms with Crippen LogP contribution >= 0.6 is 11.3 Å². The van der Waals surface area contributed by atoms with Gasteiger partial charge in [0.1, 0.15) is 0 Å². The molecule has 0 N–H and O–H groups in total. The van der Waals surface area contributed by atoms with Crippen molar-refractivity contribution in [1.82, 2.24) is 14.8 Å². The van der Waals surface area contributed by atoms with E-state index in [1.807, 2.05) is 0 Å². The summed E-state index contributed by atoms with van der Waals surface area (Å²) in [5.41, 5.74) is 3.29. The maximum Gasteiger partial charge on any atom is 0.0897 e. The zero-order chi connectivity index (χ0) is 18.0. The van der Waals surface area contributed by atoms with Crippen molar-refractivity contribution in [2.24, 2.45) is 5.41 Å². The first kappa shape index (κ1) is 18.1. The molecule has 4 heteroatoms. The van der Waals surface area contributed by atoms with E-state index < -0.39 is 0 Å². The Balaban J connectivity index is 1.42. The first-order chi connectivity index (χ1) is 12.7. The third-order valence-electron chi connectivity index (χ3n) is 6.40. The summed E-state index contributed by atoms with van der Waals surface area (Å²) in [6, 6.07) is 11.2. The second kappa shape index (κ2) is 7.79. The molecule has 1 atom stereocenters. The monoisotopic (exact) mass is 369 g/mol. The molecule has 2 saturated heterocycles. The topological polar surface area (TPSA) is 19.4 Å². The average Bonchev–Trinajstić information content (AvgIpc) is 3.09. The minimum Gasteiger partial charge on any atom is -0.302 e. The highest BCUT2D eigenvalue weighted by molar-refractivity contribution is 7.09. The van der Waals surface area contributed by atoms with Gasteiger partial charge in [-0.2, -0.15) is 0 Å². The van der Waals surface area contributed by atoms with Crippen LogP contribution in [-0.2, 0) is 6.54 Å². The molecule has 2 aliphatic heterocycles. The van der Waals surface area contributed by atoms with Crippen molar-refractivity contribution in [3.63, 3.8) is 0 Å². The summed E-state index contributed by atoms with van der Waals surface area (Å²) in [5.74, 6) is 0.692. The Kier molecular flexibility index (Phi) is 5.44. The summed E-state index contributed by atoms with van der Waals surface area (Å²) < 4.78 is 0. The Bertz CT molecular complexity index is 703.